The van der Waals surface area contributed by atoms with Crippen LogP contribution in [0.15, 0.2) is 12.2 Å². The van der Waals surface area contributed by atoms with Crippen molar-refractivity contribution in [2.24, 2.45) is 23.7 Å². The molecule has 0 N–H and O–H groups in total. The number of ether oxygens (including phenoxy) is 1. The highest BCUT2D eigenvalue weighted by Crippen LogP contribution is 2.48. The predicted molar refractivity (Wildman–Crippen MR) is 135 cm³/mol. The highest BCUT2D eigenvalue weighted by molar-refractivity contribution is 4.98. The third kappa shape index (κ3) is 8.39. The van der Waals surface area contributed by atoms with E-state index in [1.165, 1.54) is 51.4 Å². The molecule has 0 fully saturated rings. The quantitative estimate of drug-likeness (QED) is 0.259. The normalized spacial score (nSPS) is 20.1. The lowest BCUT2D eigenvalue weighted by molar-refractivity contribution is -0.248. The molecule has 1 heteroatoms. The molecule has 0 saturated heterocycles. The Bertz CT molecular complexity index is 341. The fourth-order valence-corrected chi connectivity index (χ4v) is 4.98. The van der Waals surface area contributed by atoms with Crippen molar-refractivity contribution in [3.05, 3.63) is 12.2 Å². The van der Waals surface area contributed by atoms with Gasteiger partial charge in [0, 0.05) is 0 Å². The second-order valence-electron chi connectivity index (χ2n) is 9.42. The van der Waals surface area contributed by atoms with Gasteiger partial charge in [-0.05, 0) is 50.4 Å². The minimum Gasteiger partial charge on any atom is -0.367 e. The topological polar surface area (TPSA) is 9.23 Å². The van der Waals surface area contributed by atoms with Gasteiger partial charge in [0.1, 0.15) is 0 Å². The zero-order valence-electron chi connectivity index (χ0n) is 22.5. The van der Waals surface area contributed by atoms with E-state index in [9.17, 15) is 0 Å². The smallest absolute Gasteiger partial charge is 0.0740 e. The minimum absolute atomic E-state index is 0.0142. The zero-order chi connectivity index (χ0) is 23.1. The second-order valence-corrected chi connectivity index (χ2v) is 9.42. The maximum absolute atomic E-state index is 7.52. The molecule has 4 atom stereocenters. The predicted octanol–water partition coefficient (Wildman–Crippen LogP) is 9.85. The lowest BCUT2D eigenvalue weighted by atomic mass is 9.68. The van der Waals surface area contributed by atoms with E-state index in [4.69, 9.17) is 4.74 Å². The summed E-state index contributed by atoms with van der Waals surface area (Å²) in [5.74, 6) is 2.41. The van der Waals surface area contributed by atoms with E-state index in [1.54, 1.807) is 0 Å². The van der Waals surface area contributed by atoms with Crippen molar-refractivity contribution in [2.45, 2.75) is 146 Å². The van der Waals surface area contributed by atoms with Gasteiger partial charge in [0.05, 0.1) is 11.2 Å². The zero-order valence-corrected chi connectivity index (χ0v) is 22.5. The van der Waals surface area contributed by atoms with Gasteiger partial charge in [0.25, 0.3) is 0 Å². The summed E-state index contributed by atoms with van der Waals surface area (Å²) < 4.78 is 7.52. The van der Waals surface area contributed by atoms with Gasteiger partial charge in [-0.1, -0.05) is 120 Å². The monoisotopic (exact) mass is 410 g/mol. The molecular weight excluding hydrogens is 352 g/mol. The van der Waals surface area contributed by atoms with Crippen LogP contribution >= 0.6 is 0 Å². The van der Waals surface area contributed by atoms with Crippen LogP contribution in [0, 0.1) is 23.7 Å². The van der Waals surface area contributed by atoms with Crippen LogP contribution in [0.25, 0.3) is 0 Å². The molecule has 0 aliphatic carbocycles. The van der Waals surface area contributed by atoms with Gasteiger partial charge < -0.3 is 4.74 Å². The van der Waals surface area contributed by atoms with Crippen molar-refractivity contribution in [2.75, 3.05) is 0 Å². The van der Waals surface area contributed by atoms with Crippen molar-refractivity contribution < 1.29 is 4.74 Å². The Morgan fingerprint density at radius 2 is 0.793 bits per heavy atom. The molecule has 0 aromatic carbocycles. The standard InChI is InChI=1S/C24H50O.C4H8/c1-11-17-23(19(7)13-3,20(8)14-4)25-24(18-12-2,21(9)15-5)22(10)16-6;1-3-4-2/h19-22H,11-18H2,1-10H3;3-4H,1-2H3. The van der Waals surface area contributed by atoms with Gasteiger partial charge in [0.15, 0.2) is 0 Å². The van der Waals surface area contributed by atoms with Gasteiger partial charge in [-0.2, -0.15) is 0 Å². The van der Waals surface area contributed by atoms with Crippen molar-refractivity contribution in [1.82, 2.24) is 0 Å². The summed E-state index contributed by atoms with van der Waals surface area (Å²) in [6.45, 7) is 27.8. The van der Waals surface area contributed by atoms with Crippen LogP contribution in [0.3, 0.4) is 0 Å². The van der Waals surface area contributed by atoms with Crippen LogP contribution in [-0.4, -0.2) is 11.2 Å². The highest BCUT2D eigenvalue weighted by atomic mass is 16.5. The lowest BCUT2D eigenvalue weighted by Crippen LogP contribution is -2.57. The molecule has 0 heterocycles. The van der Waals surface area contributed by atoms with Crippen LogP contribution in [-0.2, 0) is 4.74 Å². The van der Waals surface area contributed by atoms with Crippen LogP contribution < -0.4 is 0 Å². The average Bonchev–Trinajstić information content (AvgIpc) is 2.75. The molecule has 0 rings (SSSR count). The third-order valence-corrected chi connectivity index (χ3v) is 7.78. The van der Waals surface area contributed by atoms with E-state index in [0.29, 0.717) is 23.7 Å². The summed E-state index contributed by atoms with van der Waals surface area (Å²) in [4.78, 5) is 0. The molecule has 0 amide bonds. The molecule has 176 valence electrons. The summed E-state index contributed by atoms with van der Waals surface area (Å²) in [6.07, 6.45) is 13.6. The van der Waals surface area contributed by atoms with Crippen LogP contribution in [0.1, 0.15) is 134 Å². The van der Waals surface area contributed by atoms with E-state index >= 15 is 0 Å². The molecule has 0 radical (unpaired) electrons. The Kier molecular flexibility index (Phi) is 17.5. The molecule has 0 aliphatic heterocycles. The summed E-state index contributed by atoms with van der Waals surface area (Å²) >= 11 is 0. The molecule has 29 heavy (non-hydrogen) atoms. The first-order valence-corrected chi connectivity index (χ1v) is 12.9. The Hall–Kier alpha value is -0.300. The van der Waals surface area contributed by atoms with Crippen LogP contribution in [0.2, 0.25) is 0 Å². The molecule has 0 aliphatic rings. The minimum atomic E-state index is 0.0142. The van der Waals surface area contributed by atoms with Gasteiger partial charge in [-0.3, -0.25) is 0 Å². The molecular formula is C28H58O. The first-order chi connectivity index (χ1) is 13.7. The van der Waals surface area contributed by atoms with E-state index in [0.717, 1.165) is 0 Å². The average molecular weight is 411 g/mol. The summed E-state index contributed by atoms with van der Waals surface area (Å²) in [6, 6.07) is 0. The number of hydrogen-bond acceptors (Lipinski definition) is 1. The number of rotatable bonds is 14. The molecule has 0 aromatic rings. The van der Waals surface area contributed by atoms with Gasteiger partial charge >= 0.3 is 0 Å². The van der Waals surface area contributed by atoms with Crippen molar-refractivity contribution >= 4 is 0 Å². The van der Waals surface area contributed by atoms with Gasteiger partial charge in [-0.15, -0.1) is 0 Å². The van der Waals surface area contributed by atoms with E-state index in [2.05, 4.69) is 69.2 Å². The van der Waals surface area contributed by atoms with E-state index in [1.807, 2.05) is 26.0 Å². The lowest BCUT2D eigenvalue weighted by Gasteiger charge is -2.54. The highest BCUT2D eigenvalue weighted by Gasteiger charge is 2.50. The fourth-order valence-electron chi connectivity index (χ4n) is 4.98. The fraction of sp³-hybridized carbons (Fsp3) is 0.929. The van der Waals surface area contributed by atoms with Crippen molar-refractivity contribution in [3.8, 4) is 0 Å². The molecule has 0 aromatic heterocycles. The Morgan fingerprint density at radius 1 is 0.552 bits per heavy atom. The van der Waals surface area contributed by atoms with Crippen molar-refractivity contribution in [1.29, 1.82) is 0 Å². The first-order valence-electron chi connectivity index (χ1n) is 12.9. The summed E-state index contributed by atoms with van der Waals surface area (Å²) in [7, 11) is 0. The van der Waals surface area contributed by atoms with E-state index < -0.39 is 0 Å². The Morgan fingerprint density at radius 3 is 0.931 bits per heavy atom. The summed E-state index contributed by atoms with van der Waals surface area (Å²) in [5, 5.41) is 0. The molecule has 0 bridgehead atoms. The number of hydrogen-bond donors (Lipinski definition) is 0. The summed E-state index contributed by atoms with van der Waals surface area (Å²) in [5.41, 5.74) is 0.0283. The first kappa shape index (κ1) is 30.9. The van der Waals surface area contributed by atoms with Gasteiger partial charge in [-0.25, -0.2) is 0 Å². The second kappa shape index (κ2) is 16.4. The Labute approximate surface area is 186 Å². The van der Waals surface area contributed by atoms with Crippen LogP contribution in [0.5, 0.6) is 0 Å². The maximum Gasteiger partial charge on any atom is 0.0740 e. The van der Waals surface area contributed by atoms with Crippen LogP contribution in [0.4, 0.5) is 0 Å². The molecule has 1 nitrogen and oxygen atoms in total. The number of allylic oxidation sites excluding steroid dienone is 2. The van der Waals surface area contributed by atoms with Crippen molar-refractivity contribution in [3.63, 3.8) is 0 Å². The van der Waals surface area contributed by atoms with Gasteiger partial charge in [0.2, 0.25) is 0 Å². The SMILES string of the molecule is CC=CC.CCCC(OC(CCC)(C(C)CC)C(C)CC)(C(C)CC)C(C)CC. The molecule has 4 unspecified atom stereocenters. The third-order valence-electron chi connectivity index (χ3n) is 7.78. The Balaban J connectivity index is 0. The molecule has 0 saturated carbocycles. The largest absolute Gasteiger partial charge is 0.367 e. The molecule has 0 spiro atoms. The maximum atomic E-state index is 7.52. The van der Waals surface area contributed by atoms with E-state index in [-0.39, 0.29) is 11.2 Å².